The molecule has 1 aromatic carbocycles. The molecule has 0 saturated carbocycles. The van der Waals surface area contributed by atoms with Gasteiger partial charge in [-0.1, -0.05) is 31.5 Å². The number of rotatable bonds is 5. The highest BCUT2D eigenvalue weighted by molar-refractivity contribution is 14.2. The summed E-state index contributed by atoms with van der Waals surface area (Å²) in [5, 5.41) is 5.11. The van der Waals surface area contributed by atoms with Crippen molar-refractivity contribution < 1.29 is 0 Å². The summed E-state index contributed by atoms with van der Waals surface area (Å²) < 4.78 is 2.09. The first-order valence-electron chi connectivity index (χ1n) is 9.91. The Labute approximate surface area is 212 Å². The Morgan fingerprint density at radius 1 is 1.23 bits per heavy atom. The standard InChI is InChI=1S/C19H20ClIN5PS2.C2H6/c1-10-22-16-13(8-15(20)24-17(16)26(10)27-21)23-12-6-5-11(7-14(12)28-4)18-25-19(2,3)9-29-18;1-2/h5-8,27H,9H2,1-4H3,(H,23,24);1-2H3. The minimum absolute atomic E-state index is 0.00580. The van der Waals surface area contributed by atoms with E-state index in [0.29, 0.717) is 11.5 Å². The van der Waals surface area contributed by atoms with E-state index in [-0.39, 0.29) is 5.54 Å². The Morgan fingerprint density at radius 2 is 1.97 bits per heavy atom. The van der Waals surface area contributed by atoms with Gasteiger partial charge in [-0.15, -0.1) is 23.5 Å². The number of aromatic nitrogens is 3. The Balaban J connectivity index is 0.00000132. The number of halogens is 2. The molecule has 0 bridgehead atoms. The number of nitrogens with zero attached hydrogens (tertiary/aromatic N) is 4. The summed E-state index contributed by atoms with van der Waals surface area (Å²) >= 11 is 12.2. The molecule has 166 valence electrons. The molecule has 5 nitrogen and oxygen atoms in total. The first-order chi connectivity index (χ1) is 14.8. The monoisotopic (exact) mass is 605 g/mol. The molecule has 0 spiro atoms. The number of imidazole rings is 1. The predicted octanol–water partition coefficient (Wildman–Crippen LogP) is 7.95. The lowest BCUT2D eigenvalue weighted by Gasteiger charge is -2.13. The molecule has 4 rings (SSSR count). The Morgan fingerprint density at radius 3 is 2.58 bits per heavy atom. The molecule has 1 aliphatic rings. The smallest absolute Gasteiger partial charge is 0.167 e. The molecule has 0 radical (unpaired) electrons. The highest BCUT2D eigenvalue weighted by Gasteiger charge is 2.26. The fourth-order valence-electron chi connectivity index (χ4n) is 3.13. The van der Waals surface area contributed by atoms with Gasteiger partial charge in [0.25, 0.3) is 0 Å². The molecule has 31 heavy (non-hydrogen) atoms. The highest BCUT2D eigenvalue weighted by Crippen LogP contribution is 2.38. The van der Waals surface area contributed by atoms with Crippen molar-refractivity contribution in [1.82, 2.24) is 14.3 Å². The van der Waals surface area contributed by atoms with Crippen molar-refractivity contribution in [2.24, 2.45) is 4.99 Å². The van der Waals surface area contributed by atoms with E-state index in [9.17, 15) is 0 Å². The molecule has 1 unspecified atom stereocenters. The van der Waals surface area contributed by atoms with E-state index in [1.807, 2.05) is 38.6 Å². The summed E-state index contributed by atoms with van der Waals surface area (Å²) in [5.74, 6) is 1.95. The van der Waals surface area contributed by atoms with Crippen LogP contribution in [0.5, 0.6) is 0 Å². The molecular weight excluding hydrogens is 580 g/mol. The maximum atomic E-state index is 6.32. The van der Waals surface area contributed by atoms with Gasteiger partial charge in [0.1, 0.15) is 16.5 Å². The molecule has 1 aliphatic heterocycles. The SMILES string of the molecule is CC.CSc1cc(C2=NC(C)(C)CS2)ccc1Nc1cc(Cl)nc2c1nc(C)n2PI. The van der Waals surface area contributed by atoms with Crippen LogP contribution in [0.4, 0.5) is 11.4 Å². The number of hydrogen-bond donors (Lipinski definition) is 1. The zero-order valence-corrected chi connectivity index (χ0v) is 23.9. The van der Waals surface area contributed by atoms with Crippen LogP contribution in [0.15, 0.2) is 34.2 Å². The number of anilines is 2. The first kappa shape index (κ1) is 25.1. The molecule has 0 saturated heterocycles. The summed E-state index contributed by atoms with van der Waals surface area (Å²) in [5.41, 5.74) is 4.71. The Bertz CT molecular complexity index is 1130. The van der Waals surface area contributed by atoms with Crippen molar-refractivity contribution in [3.63, 3.8) is 0 Å². The quantitative estimate of drug-likeness (QED) is 0.138. The fraction of sp³-hybridized carbons (Fsp3) is 0.381. The second-order valence-corrected chi connectivity index (χ2v) is 11.6. The van der Waals surface area contributed by atoms with Gasteiger partial charge in [-0.3, -0.25) is 9.33 Å². The normalized spacial score (nSPS) is 15.3. The van der Waals surface area contributed by atoms with Gasteiger partial charge in [0.05, 0.1) is 28.3 Å². The third-order valence-electron chi connectivity index (χ3n) is 4.52. The van der Waals surface area contributed by atoms with Gasteiger partial charge in [0, 0.05) is 22.3 Å². The minimum Gasteiger partial charge on any atom is -0.353 e. The zero-order valence-electron chi connectivity index (χ0n) is 18.4. The number of hydrogen-bond acceptors (Lipinski definition) is 6. The number of pyridine rings is 1. The van der Waals surface area contributed by atoms with Crippen LogP contribution in [-0.2, 0) is 0 Å². The average molecular weight is 606 g/mol. The molecule has 10 heteroatoms. The third kappa shape index (κ3) is 5.52. The summed E-state index contributed by atoms with van der Waals surface area (Å²) in [6.07, 6.45) is 2.60. The van der Waals surface area contributed by atoms with Crippen molar-refractivity contribution in [3.05, 3.63) is 40.8 Å². The summed E-state index contributed by atoms with van der Waals surface area (Å²) in [6.45, 7) is 10.3. The average Bonchev–Trinajstić information content (AvgIpc) is 3.27. The minimum atomic E-state index is 0.00580. The van der Waals surface area contributed by atoms with Crippen LogP contribution in [-0.4, -0.2) is 36.9 Å². The molecule has 0 aliphatic carbocycles. The van der Waals surface area contributed by atoms with E-state index in [4.69, 9.17) is 21.6 Å². The Kier molecular flexibility index (Phi) is 8.57. The highest BCUT2D eigenvalue weighted by atomic mass is 127. The number of thioether (sulfide) groups is 2. The molecule has 2 aromatic heterocycles. The van der Waals surface area contributed by atoms with Crippen LogP contribution < -0.4 is 5.32 Å². The molecule has 3 aromatic rings. The van der Waals surface area contributed by atoms with Gasteiger partial charge in [-0.25, -0.2) is 9.97 Å². The maximum absolute atomic E-state index is 6.32. The summed E-state index contributed by atoms with van der Waals surface area (Å²) in [7, 11) is 0. The number of fused-ring (bicyclic) bond motifs is 1. The van der Waals surface area contributed by atoms with E-state index in [0.717, 1.165) is 44.1 Å². The van der Waals surface area contributed by atoms with Gasteiger partial charge in [-0.2, -0.15) is 0 Å². The van der Waals surface area contributed by atoms with Crippen LogP contribution in [0.25, 0.3) is 11.2 Å². The number of aliphatic imine (C=N–C) groups is 1. The largest absolute Gasteiger partial charge is 0.353 e. The van der Waals surface area contributed by atoms with E-state index >= 15 is 0 Å². The number of aryl methyl sites for hydroxylation is 1. The molecule has 1 N–H and O–H groups in total. The van der Waals surface area contributed by atoms with Crippen molar-refractivity contribution in [2.75, 3.05) is 17.3 Å². The van der Waals surface area contributed by atoms with Crippen molar-refractivity contribution in [1.29, 1.82) is 0 Å². The van der Waals surface area contributed by atoms with Crippen LogP contribution in [0.1, 0.15) is 39.1 Å². The van der Waals surface area contributed by atoms with Crippen molar-refractivity contribution in [2.45, 2.75) is 45.1 Å². The molecule has 0 fully saturated rings. The van der Waals surface area contributed by atoms with Gasteiger partial charge in [0.15, 0.2) is 5.65 Å². The first-order valence-corrected chi connectivity index (χ1v) is 16.6. The van der Waals surface area contributed by atoms with E-state index < -0.39 is 0 Å². The van der Waals surface area contributed by atoms with Crippen LogP contribution in [0.2, 0.25) is 5.15 Å². The Hall–Kier alpha value is -0.540. The molecule has 1 atom stereocenters. The number of nitrogens with one attached hydrogen (secondary N) is 1. The summed E-state index contributed by atoms with van der Waals surface area (Å²) in [4.78, 5) is 15.2. The van der Waals surface area contributed by atoms with E-state index in [2.05, 4.69) is 75.0 Å². The third-order valence-corrected chi connectivity index (χ3v) is 9.09. The van der Waals surface area contributed by atoms with Crippen LogP contribution in [0, 0.1) is 6.92 Å². The lowest BCUT2D eigenvalue weighted by Crippen LogP contribution is -2.15. The van der Waals surface area contributed by atoms with Crippen LogP contribution >= 0.6 is 63.5 Å². The maximum Gasteiger partial charge on any atom is 0.167 e. The molecule has 3 heterocycles. The lowest BCUT2D eigenvalue weighted by molar-refractivity contribution is 0.605. The van der Waals surface area contributed by atoms with E-state index in [1.165, 1.54) is 5.56 Å². The topological polar surface area (TPSA) is 55.1 Å². The van der Waals surface area contributed by atoms with Gasteiger partial charge in [-0.05, 0) is 61.2 Å². The fourth-order valence-corrected chi connectivity index (χ4v) is 7.20. The van der Waals surface area contributed by atoms with Gasteiger partial charge >= 0.3 is 0 Å². The van der Waals surface area contributed by atoms with Crippen LogP contribution in [0.3, 0.4) is 0 Å². The second kappa shape index (κ2) is 10.6. The predicted molar refractivity (Wildman–Crippen MR) is 151 cm³/mol. The van der Waals surface area contributed by atoms with E-state index in [1.54, 1.807) is 11.8 Å². The zero-order chi connectivity index (χ0) is 22.8. The van der Waals surface area contributed by atoms with Gasteiger partial charge in [0.2, 0.25) is 0 Å². The van der Waals surface area contributed by atoms with Crippen molar-refractivity contribution in [3.8, 4) is 0 Å². The summed E-state index contributed by atoms with van der Waals surface area (Å²) in [6, 6.07) is 8.29. The molecule has 0 amide bonds. The molecular formula is C21H26ClIN5PS2. The lowest BCUT2D eigenvalue weighted by atomic mass is 10.1. The van der Waals surface area contributed by atoms with Gasteiger partial charge < -0.3 is 5.32 Å². The van der Waals surface area contributed by atoms with Crippen molar-refractivity contribution >= 4 is 91.1 Å². The second-order valence-electron chi connectivity index (χ2n) is 7.30. The number of benzene rings is 1.